The van der Waals surface area contributed by atoms with Gasteiger partial charge in [0.1, 0.15) is 18.6 Å². The average Bonchev–Trinajstić information content (AvgIpc) is 3.00. The van der Waals surface area contributed by atoms with Crippen LogP contribution in [0.15, 0.2) is 52.5 Å². The zero-order valence-corrected chi connectivity index (χ0v) is 14.3. The highest BCUT2D eigenvalue weighted by molar-refractivity contribution is 7.13. The molecule has 0 aliphatic heterocycles. The molecule has 0 unspecified atom stereocenters. The Morgan fingerprint density at radius 2 is 2.08 bits per heavy atom. The minimum Gasteiger partial charge on any atom is -0.458 e. The number of esters is 1. The van der Waals surface area contributed by atoms with Crippen molar-refractivity contribution in [1.29, 1.82) is 0 Å². The standard InChI is InChI=1S/C18H14ClNO3S/c19-13-5-3-12(4-6-13)18(7-8-18)17(21)23-11-14-10-22-16(20-14)15-2-1-9-24-15/h1-6,9-10H,7-8,11H2. The summed E-state index contributed by atoms with van der Waals surface area (Å²) in [5.41, 5.74) is 1.04. The van der Waals surface area contributed by atoms with E-state index in [-0.39, 0.29) is 12.6 Å². The van der Waals surface area contributed by atoms with Crippen molar-refractivity contribution in [3.63, 3.8) is 0 Å². The number of aromatic nitrogens is 1. The van der Waals surface area contributed by atoms with Crippen LogP contribution in [-0.2, 0) is 21.6 Å². The molecule has 1 aromatic carbocycles. The third kappa shape index (κ3) is 2.85. The highest BCUT2D eigenvalue weighted by atomic mass is 35.5. The van der Waals surface area contributed by atoms with Gasteiger partial charge in [-0.25, -0.2) is 4.98 Å². The van der Waals surface area contributed by atoms with E-state index >= 15 is 0 Å². The van der Waals surface area contributed by atoms with Crippen molar-refractivity contribution >= 4 is 28.9 Å². The second-order valence-electron chi connectivity index (χ2n) is 5.79. The zero-order valence-electron chi connectivity index (χ0n) is 12.7. The van der Waals surface area contributed by atoms with Crippen LogP contribution in [0, 0.1) is 0 Å². The predicted molar refractivity (Wildman–Crippen MR) is 92.0 cm³/mol. The van der Waals surface area contributed by atoms with Crippen LogP contribution in [-0.4, -0.2) is 11.0 Å². The summed E-state index contributed by atoms with van der Waals surface area (Å²) in [7, 11) is 0. The number of carbonyl (C=O) groups is 1. The van der Waals surface area contributed by atoms with Crippen LogP contribution in [0.5, 0.6) is 0 Å². The monoisotopic (exact) mass is 359 g/mol. The lowest BCUT2D eigenvalue weighted by atomic mass is 9.96. The van der Waals surface area contributed by atoms with Gasteiger partial charge in [0.25, 0.3) is 0 Å². The zero-order chi connectivity index (χ0) is 16.6. The maximum Gasteiger partial charge on any atom is 0.316 e. The summed E-state index contributed by atoms with van der Waals surface area (Å²) in [6.45, 7) is 0.114. The highest BCUT2D eigenvalue weighted by Crippen LogP contribution is 2.49. The van der Waals surface area contributed by atoms with Gasteiger partial charge in [0, 0.05) is 5.02 Å². The minimum atomic E-state index is -0.523. The number of ether oxygens (including phenoxy) is 1. The Hall–Kier alpha value is -2.11. The van der Waals surface area contributed by atoms with E-state index in [1.807, 2.05) is 29.6 Å². The van der Waals surface area contributed by atoms with Gasteiger partial charge in [-0.05, 0) is 42.0 Å². The van der Waals surface area contributed by atoms with Crippen molar-refractivity contribution in [1.82, 2.24) is 4.98 Å². The van der Waals surface area contributed by atoms with E-state index in [0.717, 1.165) is 23.3 Å². The molecule has 0 N–H and O–H groups in total. The molecule has 0 radical (unpaired) electrons. The number of hydrogen-bond donors (Lipinski definition) is 0. The number of hydrogen-bond acceptors (Lipinski definition) is 5. The fourth-order valence-corrected chi connectivity index (χ4v) is 3.45. The van der Waals surface area contributed by atoms with Gasteiger partial charge in [-0.2, -0.15) is 0 Å². The van der Waals surface area contributed by atoms with Crippen molar-refractivity contribution in [3.8, 4) is 10.8 Å². The SMILES string of the molecule is O=C(OCc1coc(-c2cccs2)n1)C1(c2ccc(Cl)cc2)CC1. The van der Waals surface area contributed by atoms with Gasteiger partial charge in [0.15, 0.2) is 0 Å². The Morgan fingerprint density at radius 3 is 2.75 bits per heavy atom. The molecule has 4 rings (SSSR count). The molecule has 1 aliphatic carbocycles. The van der Waals surface area contributed by atoms with Gasteiger partial charge in [-0.15, -0.1) is 11.3 Å². The molecule has 24 heavy (non-hydrogen) atoms. The molecular formula is C18H14ClNO3S. The molecule has 0 bridgehead atoms. The molecule has 0 spiro atoms. The summed E-state index contributed by atoms with van der Waals surface area (Å²) in [4.78, 5) is 17.8. The molecule has 6 heteroatoms. The first kappa shape index (κ1) is 15.4. The number of carbonyl (C=O) groups excluding carboxylic acids is 1. The second kappa shape index (κ2) is 6.07. The molecule has 3 aromatic rings. The molecule has 0 amide bonds. The van der Waals surface area contributed by atoms with Crippen molar-refractivity contribution in [2.45, 2.75) is 24.9 Å². The molecule has 1 aliphatic rings. The summed E-state index contributed by atoms with van der Waals surface area (Å²) in [6, 6.07) is 11.3. The predicted octanol–water partition coefficient (Wildman–Crippen LogP) is 4.83. The highest BCUT2D eigenvalue weighted by Gasteiger charge is 2.52. The topological polar surface area (TPSA) is 52.3 Å². The first-order chi connectivity index (χ1) is 11.7. The van der Waals surface area contributed by atoms with E-state index in [0.29, 0.717) is 16.6 Å². The van der Waals surface area contributed by atoms with Gasteiger partial charge in [-0.3, -0.25) is 4.79 Å². The third-order valence-electron chi connectivity index (χ3n) is 4.17. The Labute approximate surface area is 148 Å². The lowest BCUT2D eigenvalue weighted by molar-refractivity contribution is -0.148. The van der Waals surface area contributed by atoms with Gasteiger partial charge in [0.2, 0.25) is 5.89 Å². The summed E-state index contributed by atoms with van der Waals surface area (Å²) >= 11 is 7.47. The summed E-state index contributed by atoms with van der Waals surface area (Å²) in [5.74, 6) is 0.334. The maximum absolute atomic E-state index is 12.5. The van der Waals surface area contributed by atoms with E-state index in [9.17, 15) is 4.79 Å². The normalized spacial score (nSPS) is 15.2. The van der Waals surface area contributed by atoms with Crippen LogP contribution in [0.3, 0.4) is 0 Å². The molecule has 1 fully saturated rings. The van der Waals surface area contributed by atoms with Crippen molar-refractivity contribution in [3.05, 3.63) is 64.3 Å². The third-order valence-corrected chi connectivity index (χ3v) is 5.28. The second-order valence-corrected chi connectivity index (χ2v) is 7.17. The van der Waals surface area contributed by atoms with Crippen LogP contribution in [0.1, 0.15) is 24.1 Å². The lowest BCUT2D eigenvalue weighted by Crippen LogP contribution is -2.23. The van der Waals surface area contributed by atoms with E-state index in [1.165, 1.54) is 6.26 Å². The van der Waals surface area contributed by atoms with Gasteiger partial charge in [0.05, 0.1) is 10.3 Å². The van der Waals surface area contributed by atoms with Crippen molar-refractivity contribution < 1.29 is 13.9 Å². The number of nitrogens with zero attached hydrogens (tertiary/aromatic N) is 1. The molecule has 0 atom stereocenters. The number of benzene rings is 1. The first-order valence-corrected chi connectivity index (χ1v) is 8.85. The van der Waals surface area contributed by atoms with Gasteiger partial charge in [-0.1, -0.05) is 29.8 Å². The smallest absolute Gasteiger partial charge is 0.316 e. The van der Waals surface area contributed by atoms with Crippen molar-refractivity contribution in [2.75, 3.05) is 0 Å². The fraction of sp³-hybridized carbons (Fsp3) is 0.222. The van der Waals surface area contributed by atoms with E-state index < -0.39 is 5.41 Å². The summed E-state index contributed by atoms with van der Waals surface area (Å²) in [6.07, 6.45) is 3.13. The average molecular weight is 360 g/mol. The van der Waals surface area contributed by atoms with Crippen molar-refractivity contribution in [2.24, 2.45) is 0 Å². The van der Waals surface area contributed by atoms with Crippen LogP contribution in [0.25, 0.3) is 10.8 Å². The summed E-state index contributed by atoms with van der Waals surface area (Å²) < 4.78 is 10.9. The summed E-state index contributed by atoms with van der Waals surface area (Å²) in [5, 5.41) is 2.62. The largest absolute Gasteiger partial charge is 0.458 e. The Balaban J connectivity index is 1.43. The Morgan fingerprint density at radius 1 is 1.29 bits per heavy atom. The quantitative estimate of drug-likeness (QED) is 0.612. The number of oxazole rings is 1. The van der Waals surface area contributed by atoms with Crippen LogP contribution in [0.2, 0.25) is 5.02 Å². The molecule has 2 aromatic heterocycles. The molecule has 4 nitrogen and oxygen atoms in total. The van der Waals surface area contributed by atoms with E-state index in [2.05, 4.69) is 4.98 Å². The number of rotatable bonds is 5. The number of halogens is 1. The Kier molecular flexibility index (Phi) is 3.90. The first-order valence-electron chi connectivity index (χ1n) is 7.59. The molecule has 2 heterocycles. The van der Waals surface area contributed by atoms with E-state index in [4.69, 9.17) is 20.8 Å². The number of thiophene rings is 1. The van der Waals surface area contributed by atoms with Gasteiger partial charge < -0.3 is 9.15 Å². The van der Waals surface area contributed by atoms with E-state index in [1.54, 1.807) is 23.5 Å². The maximum atomic E-state index is 12.5. The van der Waals surface area contributed by atoms with Crippen LogP contribution in [0.4, 0.5) is 0 Å². The molecule has 1 saturated carbocycles. The Bertz CT molecular complexity index is 851. The van der Waals surface area contributed by atoms with Crippen LogP contribution < -0.4 is 0 Å². The molecule has 122 valence electrons. The molecular weight excluding hydrogens is 346 g/mol. The van der Waals surface area contributed by atoms with Gasteiger partial charge >= 0.3 is 5.97 Å². The van der Waals surface area contributed by atoms with Crippen LogP contribution >= 0.6 is 22.9 Å². The lowest BCUT2D eigenvalue weighted by Gasteiger charge is -2.14. The fourth-order valence-electron chi connectivity index (χ4n) is 2.67. The minimum absolute atomic E-state index is 0.114. The molecule has 0 saturated heterocycles.